The normalized spacial score (nSPS) is 16.8. The standard InChI is InChI=1S/C21H24NOP/c1-22(2)18-12-6-7-13-19(18)24-20-14-8-11-17(21(20)23)15-16-9-4-3-5-10-16/h3-9,11-14,16,23-24H,10,15H2,1-2H3. The summed E-state index contributed by atoms with van der Waals surface area (Å²) >= 11 is 0. The highest BCUT2D eigenvalue weighted by Gasteiger charge is 2.14. The lowest BCUT2D eigenvalue weighted by Gasteiger charge is -2.19. The smallest absolute Gasteiger partial charge is 0.126 e. The van der Waals surface area contributed by atoms with Gasteiger partial charge in [0.2, 0.25) is 0 Å². The zero-order chi connectivity index (χ0) is 16.9. The Morgan fingerprint density at radius 1 is 1.04 bits per heavy atom. The Hall–Kier alpha value is -2.05. The molecular weight excluding hydrogens is 313 g/mol. The van der Waals surface area contributed by atoms with Crippen LogP contribution in [0.5, 0.6) is 5.75 Å². The van der Waals surface area contributed by atoms with Gasteiger partial charge in [-0.3, -0.25) is 0 Å². The van der Waals surface area contributed by atoms with Crippen LogP contribution in [-0.4, -0.2) is 19.2 Å². The van der Waals surface area contributed by atoms with Crippen LogP contribution in [0.3, 0.4) is 0 Å². The number of hydrogen-bond acceptors (Lipinski definition) is 2. The van der Waals surface area contributed by atoms with Gasteiger partial charge in [0.15, 0.2) is 0 Å². The van der Waals surface area contributed by atoms with E-state index >= 15 is 0 Å². The van der Waals surface area contributed by atoms with Crippen molar-refractivity contribution in [1.82, 2.24) is 0 Å². The van der Waals surface area contributed by atoms with Crippen LogP contribution in [0.25, 0.3) is 0 Å². The van der Waals surface area contributed by atoms with Gasteiger partial charge in [-0.25, -0.2) is 0 Å². The highest BCUT2D eigenvalue weighted by molar-refractivity contribution is 7.56. The molecule has 0 saturated carbocycles. The third-order valence-corrected chi connectivity index (χ3v) is 5.69. The van der Waals surface area contributed by atoms with Crippen LogP contribution >= 0.6 is 8.58 Å². The molecule has 1 aliphatic rings. The first kappa shape index (κ1) is 16.8. The Morgan fingerprint density at radius 3 is 2.58 bits per heavy atom. The monoisotopic (exact) mass is 337 g/mol. The van der Waals surface area contributed by atoms with Gasteiger partial charge in [-0.15, -0.1) is 0 Å². The topological polar surface area (TPSA) is 23.5 Å². The van der Waals surface area contributed by atoms with Crippen molar-refractivity contribution in [3.05, 3.63) is 72.3 Å². The van der Waals surface area contributed by atoms with Gasteiger partial charge < -0.3 is 10.0 Å². The SMILES string of the molecule is CN(C)c1ccccc1Pc1cccc(CC2C=CC=CC2)c1O. The van der Waals surface area contributed by atoms with E-state index in [1.165, 1.54) is 11.0 Å². The fourth-order valence-corrected chi connectivity index (χ4v) is 4.40. The average Bonchev–Trinajstić information content (AvgIpc) is 2.60. The third-order valence-electron chi connectivity index (χ3n) is 4.33. The van der Waals surface area contributed by atoms with Crippen LogP contribution in [0.4, 0.5) is 5.69 Å². The Bertz CT molecular complexity index is 764. The molecule has 0 fully saturated rings. The molecule has 2 aromatic carbocycles. The second-order valence-corrected chi connectivity index (χ2v) is 7.69. The number of aromatic hydroxyl groups is 1. The summed E-state index contributed by atoms with van der Waals surface area (Å²) in [6.07, 6.45) is 10.6. The van der Waals surface area contributed by atoms with E-state index in [9.17, 15) is 5.11 Å². The number of hydrogen-bond donors (Lipinski definition) is 1. The summed E-state index contributed by atoms with van der Waals surface area (Å²) in [4.78, 5) is 2.13. The Balaban J connectivity index is 1.83. The highest BCUT2D eigenvalue weighted by Crippen LogP contribution is 2.28. The second kappa shape index (κ2) is 7.68. The predicted molar refractivity (Wildman–Crippen MR) is 107 cm³/mol. The first-order valence-corrected chi connectivity index (χ1v) is 9.32. The molecule has 2 atom stereocenters. The largest absolute Gasteiger partial charge is 0.507 e. The van der Waals surface area contributed by atoms with E-state index in [4.69, 9.17) is 0 Å². The summed E-state index contributed by atoms with van der Waals surface area (Å²) in [6.45, 7) is 0. The fraction of sp³-hybridized carbons (Fsp3) is 0.238. The molecule has 1 aliphatic carbocycles. The van der Waals surface area contributed by atoms with Crippen molar-refractivity contribution in [2.75, 3.05) is 19.0 Å². The summed E-state index contributed by atoms with van der Waals surface area (Å²) in [6, 6.07) is 14.6. The number of nitrogens with zero attached hydrogens (tertiary/aromatic N) is 1. The van der Waals surface area contributed by atoms with Crippen molar-refractivity contribution >= 4 is 24.9 Å². The van der Waals surface area contributed by atoms with Gasteiger partial charge in [-0.05, 0) is 30.4 Å². The van der Waals surface area contributed by atoms with E-state index in [1.807, 2.05) is 12.1 Å². The van der Waals surface area contributed by atoms with Crippen molar-refractivity contribution < 1.29 is 5.11 Å². The Morgan fingerprint density at radius 2 is 1.83 bits per heavy atom. The lowest BCUT2D eigenvalue weighted by molar-refractivity contribution is 0.467. The molecule has 1 N–H and O–H groups in total. The number of para-hydroxylation sites is 2. The number of rotatable bonds is 5. The van der Waals surface area contributed by atoms with Gasteiger partial charge in [-0.2, -0.15) is 0 Å². The zero-order valence-corrected chi connectivity index (χ0v) is 15.2. The van der Waals surface area contributed by atoms with Gasteiger partial charge in [0.1, 0.15) is 5.75 Å². The summed E-state index contributed by atoms with van der Waals surface area (Å²) < 4.78 is 0. The molecular formula is C21H24NOP. The first-order chi connectivity index (χ1) is 11.6. The molecule has 0 bridgehead atoms. The molecule has 3 rings (SSSR count). The van der Waals surface area contributed by atoms with E-state index in [0.717, 1.165) is 23.7 Å². The Kier molecular flexibility index (Phi) is 5.37. The minimum atomic E-state index is 0.452. The first-order valence-electron chi connectivity index (χ1n) is 8.32. The van der Waals surface area contributed by atoms with E-state index in [2.05, 4.69) is 73.6 Å². The van der Waals surface area contributed by atoms with E-state index < -0.39 is 0 Å². The molecule has 24 heavy (non-hydrogen) atoms. The molecule has 124 valence electrons. The number of benzene rings is 2. The van der Waals surface area contributed by atoms with Gasteiger partial charge in [-0.1, -0.05) is 69.3 Å². The lowest BCUT2D eigenvalue weighted by atomic mass is 9.93. The van der Waals surface area contributed by atoms with Crippen molar-refractivity contribution in [3.8, 4) is 5.75 Å². The van der Waals surface area contributed by atoms with Crippen molar-refractivity contribution in [3.63, 3.8) is 0 Å². The van der Waals surface area contributed by atoms with Crippen molar-refractivity contribution in [2.45, 2.75) is 12.8 Å². The molecule has 0 radical (unpaired) electrons. The number of anilines is 1. The van der Waals surface area contributed by atoms with Gasteiger partial charge in [0.25, 0.3) is 0 Å². The summed E-state index contributed by atoms with van der Waals surface area (Å²) in [5, 5.41) is 13.0. The highest BCUT2D eigenvalue weighted by atomic mass is 31.1. The van der Waals surface area contributed by atoms with Crippen molar-refractivity contribution in [1.29, 1.82) is 0 Å². The second-order valence-electron chi connectivity index (χ2n) is 6.36. The molecule has 0 heterocycles. The molecule has 0 aliphatic heterocycles. The lowest BCUT2D eigenvalue weighted by Crippen LogP contribution is -2.18. The Labute approximate surface area is 146 Å². The molecule has 2 nitrogen and oxygen atoms in total. The quantitative estimate of drug-likeness (QED) is 0.840. The molecule has 2 aromatic rings. The molecule has 0 saturated heterocycles. The number of phenols is 1. The summed E-state index contributed by atoms with van der Waals surface area (Å²) in [5.74, 6) is 0.945. The number of phenolic OH excluding ortho intramolecular Hbond substituents is 1. The fourth-order valence-electron chi connectivity index (χ4n) is 3.04. The van der Waals surface area contributed by atoms with Crippen LogP contribution in [0.15, 0.2) is 66.8 Å². The molecule has 0 aromatic heterocycles. The van der Waals surface area contributed by atoms with Crippen LogP contribution in [0.2, 0.25) is 0 Å². The minimum Gasteiger partial charge on any atom is -0.507 e. The van der Waals surface area contributed by atoms with Crippen LogP contribution in [-0.2, 0) is 6.42 Å². The molecule has 2 unspecified atom stereocenters. The maximum Gasteiger partial charge on any atom is 0.126 e. The molecule has 3 heteroatoms. The number of allylic oxidation sites excluding steroid dienone is 4. The summed E-state index contributed by atoms with van der Waals surface area (Å²) in [7, 11) is 4.57. The van der Waals surface area contributed by atoms with E-state index in [-0.39, 0.29) is 0 Å². The van der Waals surface area contributed by atoms with E-state index in [0.29, 0.717) is 20.2 Å². The van der Waals surface area contributed by atoms with Gasteiger partial charge in [0, 0.05) is 30.4 Å². The predicted octanol–water partition coefficient (Wildman–Crippen LogP) is 3.76. The van der Waals surface area contributed by atoms with Crippen LogP contribution < -0.4 is 15.5 Å². The minimum absolute atomic E-state index is 0.452. The summed E-state index contributed by atoms with van der Waals surface area (Å²) in [5.41, 5.74) is 2.26. The van der Waals surface area contributed by atoms with E-state index in [1.54, 1.807) is 0 Å². The van der Waals surface area contributed by atoms with Gasteiger partial charge >= 0.3 is 0 Å². The maximum absolute atomic E-state index is 10.8. The van der Waals surface area contributed by atoms with Crippen LogP contribution in [0.1, 0.15) is 12.0 Å². The maximum atomic E-state index is 10.8. The molecule has 0 spiro atoms. The average molecular weight is 337 g/mol. The zero-order valence-electron chi connectivity index (χ0n) is 14.2. The van der Waals surface area contributed by atoms with Crippen LogP contribution in [0, 0.1) is 5.92 Å². The third kappa shape index (κ3) is 3.88. The van der Waals surface area contributed by atoms with Gasteiger partial charge in [0.05, 0.1) is 0 Å². The van der Waals surface area contributed by atoms with Crippen molar-refractivity contribution in [2.24, 2.45) is 5.92 Å². The molecule has 0 amide bonds.